The number of hydrogen-bond donors (Lipinski definition) is 2. The molecule has 0 amide bonds. The maximum atomic E-state index is 11.8. The fourth-order valence-corrected chi connectivity index (χ4v) is 3.77. The molecule has 0 aromatic heterocycles. The summed E-state index contributed by atoms with van der Waals surface area (Å²) in [7, 11) is -3.20. The second-order valence-electron chi connectivity index (χ2n) is 5.48. The summed E-state index contributed by atoms with van der Waals surface area (Å²) in [5.41, 5.74) is 1.70. The molecule has 1 fully saturated rings. The van der Waals surface area contributed by atoms with E-state index >= 15 is 0 Å². The van der Waals surface area contributed by atoms with Crippen LogP contribution in [0.3, 0.4) is 0 Å². The molecule has 0 heterocycles. The van der Waals surface area contributed by atoms with E-state index in [1.807, 2.05) is 31.2 Å². The molecule has 1 aliphatic carbocycles. The van der Waals surface area contributed by atoms with Crippen molar-refractivity contribution in [2.45, 2.75) is 51.5 Å². The zero-order chi connectivity index (χ0) is 14.4. The van der Waals surface area contributed by atoms with Crippen molar-refractivity contribution < 1.29 is 8.42 Å². The highest BCUT2D eigenvalue weighted by atomic mass is 32.2. The number of hydrogen-bond acceptors (Lipinski definition) is 3. The number of benzene rings is 1. The summed E-state index contributed by atoms with van der Waals surface area (Å²) in [6.45, 7) is 1.99. The van der Waals surface area contributed by atoms with Crippen molar-refractivity contribution in [1.29, 1.82) is 0 Å². The first-order valence-electron chi connectivity index (χ1n) is 7.46. The Morgan fingerprint density at radius 1 is 1.10 bits per heavy atom. The van der Waals surface area contributed by atoms with Gasteiger partial charge in [0.15, 0.2) is 0 Å². The molecule has 0 bridgehead atoms. The maximum absolute atomic E-state index is 11.8. The van der Waals surface area contributed by atoms with Crippen molar-refractivity contribution >= 4 is 21.4 Å². The molecule has 1 aromatic rings. The van der Waals surface area contributed by atoms with Gasteiger partial charge in [-0.25, -0.2) is 8.42 Å². The molecular weight excluding hydrogens is 272 g/mol. The third-order valence-electron chi connectivity index (χ3n) is 3.65. The molecule has 112 valence electrons. The molecule has 0 aliphatic heterocycles. The minimum Gasteiger partial charge on any atom is -0.382 e. The average Bonchev–Trinajstić information content (AvgIpc) is 2.91. The van der Waals surface area contributed by atoms with Gasteiger partial charge in [0, 0.05) is 17.4 Å². The zero-order valence-electron chi connectivity index (χ0n) is 12.1. The monoisotopic (exact) mass is 296 g/mol. The molecule has 4 nitrogen and oxygen atoms in total. The van der Waals surface area contributed by atoms with Gasteiger partial charge in [0.05, 0.1) is 5.75 Å². The second-order valence-corrected chi connectivity index (χ2v) is 7.32. The standard InChI is InChI=1S/C15H24N2O2S/c1-2-3-12-20(18,19)17-15-10-8-14(9-11-15)16-13-6-4-5-7-13/h8-11,13,16-17H,2-7,12H2,1H3. The molecule has 0 radical (unpaired) electrons. The molecule has 1 aromatic carbocycles. The van der Waals surface area contributed by atoms with Crippen molar-refractivity contribution in [2.75, 3.05) is 15.8 Å². The molecule has 0 spiro atoms. The molecule has 2 N–H and O–H groups in total. The molecule has 0 unspecified atom stereocenters. The number of rotatable bonds is 7. The summed E-state index contributed by atoms with van der Waals surface area (Å²) < 4.78 is 26.2. The lowest BCUT2D eigenvalue weighted by molar-refractivity contribution is 0.598. The van der Waals surface area contributed by atoms with Crippen LogP contribution in [0.4, 0.5) is 11.4 Å². The Labute approximate surface area is 122 Å². The van der Waals surface area contributed by atoms with E-state index in [2.05, 4.69) is 10.0 Å². The SMILES string of the molecule is CCCCS(=O)(=O)Nc1ccc(NC2CCCC2)cc1. The summed E-state index contributed by atoms with van der Waals surface area (Å²) >= 11 is 0. The Hall–Kier alpha value is -1.23. The minimum absolute atomic E-state index is 0.186. The first-order valence-corrected chi connectivity index (χ1v) is 9.11. The van der Waals surface area contributed by atoms with Crippen LogP contribution in [-0.2, 0) is 10.0 Å². The molecule has 0 saturated heterocycles. The largest absolute Gasteiger partial charge is 0.382 e. The molecule has 0 atom stereocenters. The van der Waals surface area contributed by atoms with E-state index in [9.17, 15) is 8.42 Å². The van der Waals surface area contributed by atoms with Crippen LogP contribution in [0, 0.1) is 0 Å². The first-order chi connectivity index (χ1) is 9.59. The van der Waals surface area contributed by atoms with Crippen LogP contribution in [0.1, 0.15) is 45.4 Å². The van der Waals surface area contributed by atoms with Crippen molar-refractivity contribution in [2.24, 2.45) is 0 Å². The lowest BCUT2D eigenvalue weighted by atomic mass is 10.2. The predicted octanol–water partition coefficient (Wildman–Crippen LogP) is 3.58. The van der Waals surface area contributed by atoms with E-state index in [0.29, 0.717) is 18.2 Å². The van der Waals surface area contributed by atoms with Crippen LogP contribution < -0.4 is 10.0 Å². The van der Waals surface area contributed by atoms with Crippen LogP contribution >= 0.6 is 0 Å². The molecule has 1 saturated carbocycles. The third-order valence-corrected chi connectivity index (χ3v) is 5.02. The summed E-state index contributed by atoms with van der Waals surface area (Å²) in [6.07, 6.45) is 6.62. The zero-order valence-corrected chi connectivity index (χ0v) is 12.9. The summed E-state index contributed by atoms with van der Waals surface area (Å²) in [5, 5.41) is 3.49. The lowest BCUT2D eigenvalue weighted by Gasteiger charge is -2.14. The number of unbranched alkanes of at least 4 members (excludes halogenated alkanes) is 1. The fourth-order valence-electron chi connectivity index (χ4n) is 2.51. The van der Waals surface area contributed by atoms with E-state index in [1.165, 1.54) is 25.7 Å². The van der Waals surface area contributed by atoms with Gasteiger partial charge >= 0.3 is 0 Å². The number of nitrogens with one attached hydrogen (secondary N) is 2. The van der Waals surface area contributed by atoms with E-state index < -0.39 is 10.0 Å². The normalized spacial score (nSPS) is 16.2. The summed E-state index contributed by atoms with van der Waals surface area (Å²) in [6, 6.07) is 8.09. The van der Waals surface area contributed by atoms with Gasteiger partial charge in [-0.05, 0) is 43.5 Å². The van der Waals surface area contributed by atoms with Crippen molar-refractivity contribution in [3.8, 4) is 0 Å². The number of anilines is 2. The average molecular weight is 296 g/mol. The van der Waals surface area contributed by atoms with Crippen LogP contribution in [0.25, 0.3) is 0 Å². The predicted molar refractivity (Wildman–Crippen MR) is 84.6 cm³/mol. The highest BCUT2D eigenvalue weighted by Crippen LogP contribution is 2.23. The van der Waals surface area contributed by atoms with Crippen LogP contribution in [0.5, 0.6) is 0 Å². The van der Waals surface area contributed by atoms with Crippen molar-refractivity contribution in [1.82, 2.24) is 0 Å². The van der Waals surface area contributed by atoms with Crippen molar-refractivity contribution in [3.05, 3.63) is 24.3 Å². The summed E-state index contributed by atoms with van der Waals surface area (Å²) in [4.78, 5) is 0. The van der Waals surface area contributed by atoms with Gasteiger partial charge < -0.3 is 5.32 Å². The Balaban J connectivity index is 1.90. The van der Waals surface area contributed by atoms with Gasteiger partial charge in [-0.15, -0.1) is 0 Å². The van der Waals surface area contributed by atoms with Crippen LogP contribution in [0.15, 0.2) is 24.3 Å². The number of sulfonamides is 1. The molecule has 2 rings (SSSR count). The van der Waals surface area contributed by atoms with Gasteiger partial charge in [-0.2, -0.15) is 0 Å². The Kier molecular flexibility index (Phi) is 5.29. The molecule has 5 heteroatoms. The van der Waals surface area contributed by atoms with Crippen LogP contribution in [0.2, 0.25) is 0 Å². The van der Waals surface area contributed by atoms with Crippen molar-refractivity contribution in [3.63, 3.8) is 0 Å². The lowest BCUT2D eigenvalue weighted by Crippen LogP contribution is -2.17. The Morgan fingerprint density at radius 2 is 1.70 bits per heavy atom. The minimum atomic E-state index is -3.20. The topological polar surface area (TPSA) is 58.2 Å². The maximum Gasteiger partial charge on any atom is 0.232 e. The quantitative estimate of drug-likeness (QED) is 0.808. The highest BCUT2D eigenvalue weighted by molar-refractivity contribution is 7.92. The third kappa shape index (κ3) is 4.71. The van der Waals surface area contributed by atoms with E-state index in [-0.39, 0.29) is 5.75 Å². The first kappa shape index (κ1) is 15.2. The molecular formula is C15H24N2O2S. The highest BCUT2D eigenvalue weighted by Gasteiger charge is 2.14. The van der Waals surface area contributed by atoms with Crippen LogP contribution in [-0.4, -0.2) is 20.2 Å². The Morgan fingerprint density at radius 3 is 2.30 bits per heavy atom. The molecule has 1 aliphatic rings. The van der Waals surface area contributed by atoms with Gasteiger partial charge in [0.1, 0.15) is 0 Å². The van der Waals surface area contributed by atoms with E-state index in [0.717, 1.165) is 12.1 Å². The fraction of sp³-hybridized carbons (Fsp3) is 0.600. The molecule has 20 heavy (non-hydrogen) atoms. The smallest absolute Gasteiger partial charge is 0.232 e. The van der Waals surface area contributed by atoms with E-state index in [4.69, 9.17) is 0 Å². The second kappa shape index (κ2) is 6.97. The summed E-state index contributed by atoms with van der Waals surface area (Å²) in [5.74, 6) is 0.186. The van der Waals surface area contributed by atoms with E-state index in [1.54, 1.807) is 0 Å². The van der Waals surface area contributed by atoms with Gasteiger partial charge in [-0.3, -0.25) is 4.72 Å². The van der Waals surface area contributed by atoms with Gasteiger partial charge in [0.25, 0.3) is 0 Å². The Bertz CT molecular complexity index is 505. The van der Waals surface area contributed by atoms with Gasteiger partial charge in [-0.1, -0.05) is 26.2 Å². The van der Waals surface area contributed by atoms with Gasteiger partial charge in [0.2, 0.25) is 10.0 Å².